The Morgan fingerprint density at radius 3 is 2.72 bits per heavy atom. The molecule has 2 aromatic rings. The van der Waals surface area contributed by atoms with Crippen LogP contribution < -0.4 is 5.32 Å². The SMILES string of the molecule is CCCCCNC(=O)c1coc([C@H]2[C@@H](Cc3ccccc3CCC(=O)O)[C@@H]3CC[C@H]2O3)n1. The van der Waals surface area contributed by atoms with Crippen molar-refractivity contribution < 1.29 is 23.8 Å². The summed E-state index contributed by atoms with van der Waals surface area (Å²) in [5, 5.41) is 12.0. The van der Waals surface area contributed by atoms with Crippen LogP contribution in [0.5, 0.6) is 0 Å². The first-order chi connectivity index (χ1) is 15.6. The molecule has 0 aliphatic carbocycles. The number of carboxylic acid groups (broad SMARTS) is 1. The van der Waals surface area contributed by atoms with Crippen LogP contribution in [0.3, 0.4) is 0 Å². The molecule has 4 rings (SSSR count). The van der Waals surface area contributed by atoms with E-state index < -0.39 is 5.97 Å². The number of hydrogen-bond donors (Lipinski definition) is 2. The van der Waals surface area contributed by atoms with Crippen LogP contribution in [0, 0.1) is 5.92 Å². The Morgan fingerprint density at radius 1 is 1.16 bits per heavy atom. The Balaban J connectivity index is 1.47. The topological polar surface area (TPSA) is 102 Å². The predicted molar refractivity (Wildman–Crippen MR) is 119 cm³/mol. The molecule has 2 bridgehead atoms. The Morgan fingerprint density at radius 2 is 1.94 bits per heavy atom. The number of carboxylic acids is 1. The molecule has 0 radical (unpaired) electrons. The summed E-state index contributed by atoms with van der Waals surface area (Å²) in [5.41, 5.74) is 2.54. The zero-order chi connectivity index (χ0) is 22.5. The fraction of sp³-hybridized carbons (Fsp3) is 0.560. The van der Waals surface area contributed by atoms with Gasteiger partial charge >= 0.3 is 5.97 Å². The number of rotatable bonds is 11. The minimum absolute atomic E-state index is 0.00270. The molecule has 0 unspecified atom stereocenters. The highest BCUT2D eigenvalue weighted by Gasteiger charge is 2.51. The molecule has 2 saturated heterocycles. The van der Waals surface area contributed by atoms with E-state index in [1.807, 2.05) is 18.2 Å². The van der Waals surface area contributed by atoms with Crippen molar-refractivity contribution in [3.63, 3.8) is 0 Å². The standard InChI is InChI=1S/C25H32N2O5/c1-2-3-6-13-26-24(30)19-15-31-25(27-19)23-18(20-10-11-21(23)32-20)14-17-8-5-4-7-16(17)9-12-22(28)29/h4-5,7-8,15,18,20-21,23H,2-3,6,9-14H2,1H3,(H,26,30)(H,28,29)/t18-,20-,21+,23-/m0/s1. The average molecular weight is 441 g/mol. The molecule has 7 nitrogen and oxygen atoms in total. The first-order valence-corrected chi connectivity index (χ1v) is 11.7. The molecule has 32 heavy (non-hydrogen) atoms. The first-order valence-electron chi connectivity index (χ1n) is 11.7. The van der Waals surface area contributed by atoms with Crippen LogP contribution in [0.4, 0.5) is 0 Å². The van der Waals surface area contributed by atoms with Gasteiger partial charge in [0.1, 0.15) is 6.26 Å². The summed E-state index contributed by atoms with van der Waals surface area (Å²) in [6, 6.07) is 8.03. The summed E-state index contributed by atoms with van der Waals surface area (Å²) in [6.45, 7) is 2.77. The number of aromatic nitrogens is 1. The zero-order valence-corrected chi connectivity index (χ0v) is 18.6. The number of nitrogens with zero attached hydrogens (tertiary/aromatic N) is 1. The van der Waals surface area contributed by atoms with Crippen LogP contribution in [-0.2, 0) is 22.4 Å². The number of benzene rings is 1. The van der Waals surface area contributed by atoms with E-state index in [0.29, 0.717) is 24.6 Å². The molecule has 2 aliphatic rings. The monoisotopic (exact) mass is 440 g/mol. The highest BCUT2D eigenvalue weighted by atomic mass is 16.5. The number of carbonyl (C=O) groups excluding carboxylic acids is 1. The number of hydrogen-bond acceptors (Lipinski definition) is 5. The lowest BCUT2D eigenvalue weighted by atomic mass is 9.75. The Hall–Kier alpha value is -2.67. The highest BCUT2D eigenvalue weighted by molar-refractivity contribution is 5.91. The molecule has 1 aromatic carbocycles. The molecular weight excluding hydrogens is 408 g/mol. The van der Waals surface area contributed by atoms with Gasteiger partial charge in [-0.2, -0.15) is 0 Å². The molecule has 3 heterocycles. The van der Waals surface area contributed by atoms with Gasteiger partial charge in [-0.05, 0) is 43.2 Å². The second-order valence-corrected chi connectivity index (χ2v) is 8.88. The van der Waals surface area contributed by atoms with Crippen LogP contribution in [0.2, 0.25) is 0 Å². The third kappa shape index (κ3) is 5.04. The Kier molecular flexibility index (Phi) is 7.25. The molecule has 2 fully saturated rings. The van der Waals surface area contributed by atoms with Gasteiger partial charge in [0.2, 0.25) is 5.89 Å². The van der Waals surface area contributed by atoms with Crippen LogP contribution >= 0.6 is 0 Å². The lowest BCUT2D eigenvalue weighted by Gasteiger charge is -2.26. The summed E-state index contributed by atoms with van der Waals surface area (Å²) >= 11 is 0. The molecule has 2 aliphatic heterocycles. The number of aryl methyl sites for hydroxylation is 1. The van der Waals surface area contributed by atoms with E-state index in [1.165, 1.54) is 6.26 Å². The van der Waals surface area contributed by atoms with Gasteiger partial charge in [-0.15, -0.1) is 0 Å². The van der Waals surface area contributed by atoms with Crippen molar-refractivity contribution in [3.8, 4) is 0 Å². The van der Waals surface area contributed by atoms with E-state index >= 15 is 0 Å². The number of ether oxygens (including phenoxy) is 1. The number of carbonyl (C=O) groups is 2. The number of amides is 1. The van der Waals surface area contributed by atoms with Gasteiger partial charge in [-0.1, -0.05) is 44.0 Å². The minimum atomic E-state index is -0.791. The molecule has 0 spiro atoms. The van der Waals surface area contributed by atoms with Gasteiger partial charge in [0.05, 0.1) is 18.1 Å². The average Bonchev–Trinajstić information content (AvgIpc) is 3.52. The summed E-state index contributed by atoms with van der Waals surface area (Å²) in [5.74, 6) is -0.220. The van der Waals surface area contributed by atoms with Crippen LogP contribution in [-0.4, -0.2) is 40.7 Å². The number of fused-ring (bicyclic) bond motifs is 2. The maximum Gasteiger partial charge on any atom is 0.303 e. The lowest BCUT2D eigenvalue weighted by molar-refractivity contribution is -0.136. The van der Waals surface area contributed by atoms with Crippen molar-refractivity contribution in [3.05, 3.63) is 53.2 Å². The van der Waals surface area contributed by atoms with Gasteiger partial charge < -0.3 is 19.6 Å². The van der Waals surface area contributed by atoms with Crippen molar-refractivity contribution in [2.75, 3.05) is 6.54 Å². The van der Waals surface area contributed by atoms with E-state index in [-0.39, 0.29) is 36.4 Å². The maximum atomic E-state index is 12.4. The number of aliphatic carboxylic acids is 1. The highest BCUT2D eigenvalue weighted by Crippen LogP contribution is 2.49. The second-order valence-electron chi connectivity index (χ2n) is 8.88. The van der Waals surface area contributed by atoms with Crippen LogP contribution in [0.25, 0.3) is 0 Å². The number of oxazole rings is 1. The van der Waals surface area contributed by atoms with Gasteiger partial charge in [0.25, 0.3) is 5.91 Å². The van der Waals surface area contributed by atoms with Gasteiger partial charge in [0, 0.05) is 18.9 Å². The molecule has 4 atom stereocenters. The van der Waals surface area contributed by atoms with Crippen LogP contribution in [0.15, 0.2) is 34.9 Å². The minimum Gasteiger partial charge on any atom is -0.481 e. The largest absolute Gasteiger partial charge is 0.481 e. The predicted octanol–water partition coefficient (Wildman–Crippen LogP) is 4.12. The summed E-state index contributed by atoms with van der Waals surface area (Å²) in [6.07, 6.45) is 8.17. The van der Waals surface area contributed by atoms with Crippen LogP contribution in [0.1, 0.15) is 78.9 Å². The molecule has 2 N–H and O–H groups in total. The third-order valence-corrected chi connectivity index (χ3v) is 6.71. The quantitative estimate of drug-likeness (QED) is 0.510. The van der Waals surface area contributed by atoms with Crippen molar-refractivity contribution in [2.45, 2.75) is 76.4 Å². The third-order valence-electron chi connectivity index (χ3n) is 6.71. The number of nitrogens with one attached hydrogen (secondary N) is 1. The van der Waals surface area contributed by atoms with Crippen molar-refractivity contribution in [1.82, 2.24) is 10.3 Å². The summed E-state index contributed by atoms with van der Waals surface area (Å²) in [7, 11) is 0. The molecular formula is C25H32N2O5. The Labute approximate surface area is 188 Å². The fourth-order valence-electron chi connectivity index (χ4n) is 5.08. The maximum absolute atomic E-state index is 12.4. The van der Waals surface area contributed by atoms with Gasteiger partial charge in [0.15, 0.2) is 5.69 Å². The van der Waals surface area contributed by atoms with Crippen molar-refractivity contribution in [2.24, 2.45) is 5.92 Å². The van der Waals surface area contributed by atoms with Crippen molar-refractivity contribution >= 4 is 11.9 Å². The molecule has 7 heteroatoms. The summed E-state index contributed by atoms with van der Waals surface area (Å²) in [4.78, 5) is 28.0. The molecule has 172 valence electrons. The van der Waals surface area contributed by atoms with Gasteiger partial charge in [-0.25, -0.2) is 4.98 Å². The van der Waals surface area contributed by atoms with Crippen molar-refractivity contribution in [1.29, 1.82) is 0 Å². The smallest absolute Gasteiger partial charge is 0.303 e. The van der Waals surface area contributed by atoms with E-state index in [4.69, 9.17) is 14.3 Å². The van der Waals surface area contributed by atoms with E-state index in [2.05, 4.69) is 23.3 Å². The normalized spacial score (nSPS) is 24.0. The lowest BCUT2D eigenvalue weighted by Crippen LogP contribution is -2.28. The van der Waals surface area contributed by atoms with E-state index in [1.54, 1.807) is 0 Å². The van der Waals surface area contributed by atoms with E-state index in [0.717, 1.165) is 49.7 Å². The summed E-state index contributed by atoms with van der Waals surface area (Å²) < 4.78 is 12.0. The molecule has 1 aromatic heterocycles. The molecule has 1 amide bonds. The second kappa shape index (κ2) is 10.3. The van der Waals surface area contributed by atoms with Gasteiger partial charge in [-0.3, -0.25) is 9.59 Å². The first kappa shape index (κ1) is 22.5. The van der Waals surface area contributed by atoms with E-state index in [9.17, 15) is 9.59 Å². The fourth-order valence-corrected chi connectivity index (χ4v) is 5.08. The Bertz CT molecular complexity index is 940. The number of unbranched alkanes of at least 4 members (excludes halogenated alkanes) is 2. The zero-order valence-electron chi connectivity index (χ0n) is 18.6. The molecule has 0 saturated carbocycles.